The third kappa shape index (κ3) is 6.53. The summed E-state index contributed by atoms with van der Waals surface area (Å²) in [5.41, 5.74) is 3.47. The summed E-state index contributed by atoms with van der Waals surface area (Å²) in [6.45, 7) is 9.59. The Morgan fingerprint density at radius 3 is 2.42 bits per heavy atom. The van der Waals surface area contributed by atoms with Crippen molar-refractivity contribution in [3.63, 3.8) is 0 Å². The molecule has 2 atom stereocenters. The van der Waals surface area contributed by atoms with Crippen LogP contribution in [-0.4, -0.2) is 96.1 Å². The normalized spacial score (nSPS) is 20.9. The molecule has 10 heteroatoms. The maximum Gasteiger partial charge on any atom is 0.414 e. The van der Waals surface area contributed by atoms with E-state index in [0.29, 0.717) is 49.3 Å². The lowest BCUT2D eigenvalue weighted by molar-refractivity contribution is -0.130. The van der Waals surface area contributed by atoms with Gasteiger partial charge in [-0.2, -0.15) is 0 Å². The molecule has 0 bridgehead atoms. The molecule has 0 aliphatic carbocycles. The fourth-order valence-corrected chi connectivity index (χ4v) is 7.00. The van der Waals surface area contributed by atoms with Crippen LogP contribution in [0.1, 0.15) is 42.1 Å². The number of carbonyl (C=O) groups excluding carboxylic acids is 3. The van der Waals surface area contributed by atoms with Crippen molar-refractivity contribution < 1.29 is 19.1 Å². The van der Waals surface area contributed by atoms with E-state index in [1.54, 1.807) is 16.7 Å². The lowest BCUT2D eigenvalue weighted by Gasteiger charge is -2.32. The molecule has 0 saturated carbocycles. The van der Waals surface area contributed by atoms with Gasteiger partial charge in [0.2, 0.25) is 5.91 Å². The molecule has 3 aliphatic rings. The zero-order valence-electron chi connectivity index (χ0n) is 24.9. The maximum atomic E-state index is 13.4. The van der Waals surface area contributed by atoms with Gasteiger partial charge in [-0.3, -0.25) is 14.5 Å². The molecular formula is C33H40ClN5O4. The zero-order valence-corrected chi connectivity index (χ0v) is 25.7. The van der Waals surface area contributed by atoms with Gasteiger partial charge in [0.05, 0.1) is 0 Å². The van der Waals surface area contributed by atoms with E-state index in [4.69, 9.17) is 16.3 Å². The highest BCUT2D eigenvalue weighted by atomic mass is 35.5. The van der Waals surface area contributed by atoms with Crippen LogP contribution in [0.2, 0.25) is 5.02 Å². The van der Waals surface area contributed by atoms with Gasteiger partial charge in [-0.25, -0.2) is 4.79 Å². The van der Waals surface area contributed by atoms with E-state index in [9.17, 15) is 14.4 Å². The summed E-state index contributed by atoms with van der Waals surface area (Å²) in [5.74, 6) is 1.11. The minimum Gasteiger partial charge on any atom is -0.446 e. The number of anilines is 1. The maximum absolute atomic E-state index is 13.4. The van der Waals surface area contributed by atoms with E-state index in [0.717, 1.165) is 66.9 Å². The number of hydrogen-bond donors (Lipinski definition) is 1. The van der Waals surface area contributed by atoms with Gasteiger partial charge in [0.25, 0.3) is 5.91 Å². The van der Waals surface area contributed by atoms with Crippen LogP contribution < -0.4 is 4.90 Å². The molecule has 3 saturated heterocycles. The number of carbonyl (C=O) groups is 3. The Balaban J connectivity index is 1.02. The van der Waals surface area contributed by atoms with Gasteiger partial charge in [-0.15, -0.1) is 0 Å². The Morgan fingerprint density at radius 2 is 1.72 bits per heavy atom. The molecule has 4 heterocycles. The van der Waals surface area contributed by atoms with Gasteiger partial charge in [0, 0.05) is 99.0 Å². The number of amides is 3. The van der Waals surface area contributed by atoms with Crippen molar-refractivity contribution in [2.45, 2.75) is 39.2 Å². The minimum absolute atomic E-state index is 0.0561. The number of piperidine rings is 1. The van der Waals surface area contributed by atoms with Crippen LogP contribution in [0.4, 0.5) is 10.5 Å². The van der Waals surface area contributed by atoms with E-state index in [1.807, 2.05) is 60.5 Å². The number of aryl methyl sites for hydroxylation is 1. The summed E-state index contributed by atoms with van der Waals surface area (Å²) in [5, 5.41) is 1.67. The second-order valence-electron chi connectivity index (χ2n) is 12.3. The molecule has 43 heavy (non-hydrogen) atoms. The highest BCUT2D eigenvalue weighted by Gasteiger charge is 2.41. The molecule has 9 nitrogen and oxygen atoms in total. The number of fused-ring (bicyclic) bond motifs is 2. The second-order valence-corrected chi connectivity index (χ2v) is 12.7. The quantitative estimate of drug-likeness (QED) is 0.401. The van der Waals surface area contributed by atoms with Crippen molar-refractivity contribution in [2.24, 2.45) is 11.8 Å². The largest absolute Gasteiger partial charge is 0.446 e. The standard InChI is InChI=1S/C33H40ClN5O4/c1-22-4-6-28(17-30(22)34)39(33(42)43-29-9-14-37(15-10-29)23(2)40)13-3-12-36-18-26-20-38(21-27(26)19-36)32(41)25-5-7-31-24(16-25)8-11-35-31/h4-8,11,16-17,26-27,29,35H,3,9-10,12-15,18-21H2,1-2H3. The zero-order chi connectivity index (χ0) is 30.1. The van der Waals surface area contributed by atoms with Crippen LogP contribution in [0.3, 0.4) is 0 Å². The van der Waals surface area contributed by atoms with E-state index in [-0.39, 0.29) is 24.0 Å². The first-order valence-corrected chi connectivity index (χ1v) is 15.7. The average molecular weight is 606 g/mol. The summed E-state index contributed by atoms with van der Waals surface area (Å²) >= 11 is 6.43. The van der Waals surface area contributed by atoms with Gasteiger partial charge in [0.15, 0.2) is 0 Å². The molecule has 3 aromatic rings. The lowest BCUT2D eigenvalue weighted by atomic mass is 10.0. The number of benzene rings is 2. The van der Waals surface area contributed by atoms with E-state index in [2.05, 4.69) is 9.88 Å². The molecule has 0 spiro atoms. The molecule has 3 aliphatic heterocycles. The first-order valence-electron chi connectivity index (χ1n) is 15.3. The molecule has 3 fully saturated rings. The van der Waals surface area contributed by atoms with Gasteiger partial charge in [0.1, 0.15) is 6.10 Å². The lowest BCUT2D eigenvalue weighted by Crippen LogP contribution is -2.43. The SMILES string of the molecule is CC(=O)N1CCC(OC(=O)N(CCCN2CC3CN(C(=O)c4ccc5[nH]ccc5c4)CC3C2)c2ccc(C)c(Cl)c2)CC1. The third-order valence-corrected chi connectivity index (χ3v) is 9.75. The molecule has 228 valence electrons. The number of H-pyrrole nitrogens is 1. The summed E-state index contributed by atoms with van der Waals surface area (Å²) in [6, 6.07) is 13.5. The highest BCUT2D eigenvalue weighted by molar-refractivity contribution is 6.31. The number of rotatable bonds is 7. The molecule has 2 unspecified atom stereocenters. The molecule has 3 amide bonds. The van der Waals surface area contributed by atoms with E-state index < -0.39 is 0 Å². The van der Waals surface area contributed by atoms with Crippen LogP contribution in [0.25, 0.3) is 10.9 Å². The summed E-state index contributed by atoms with van der Waals surface area (Å²) in [7, 11) is 0. The third-order valence-electron chi connectivity index (χ3n) is 9.35. The Hall–Kier alpha value is -3.56. The number of aromatic nitrogens is 1. The van der Waals surface area contributed by atoms with Crippen LogP contribution in [-0.2, 0) is 9.53 Å². The van der Waals surface area contributed by atoms with Gasteiger partial charge < -0.3 is 24.4 Å². The Morgan fingerprint density at radius 1 is 0.977 bits per heavy atom. The van der Waals surface area contributed by atoms with Crippen LogP contribution in [0.5, 0.6) is 0 Å². The molecule has 2 aromatic carbocycles. The van der Waals surface area contributed by atoms with Crippen molar-refractivity contribution in [1.82, 2.24) is 19.7 Å². The van der Waals surface area contributed by atoms with Crippen molar-refractivity contribution in [1.29, 1.82) is 0 Å². The molecule has 0 radical (unpaired) electrons. The van der Waals surface area contributed by atoms with Crippen molar-refractivity contribution in [3.05, 3.63) is 64.8 Å². The van der Waals surface area contributed by atoms with Gasteiger partial charge in [-0.05, 0) is 73.7 Å². The van der Waals surface area contributed by atoms with Crippen LogP contribution >= 0.6 is 11.6 Å². The fourth-order valence-electron chi connectivity index (χ4n) is 6.83. The fraction of sp³-hybridized carbons (Fsp3) is 0.485. The number of hydrogen-bond acceptors (Lipinski definition) is 5. The monoisotopic (exact) mass is 605 g/mol. The van der Waals surface area contributed by atoms with Crippen molar-refractivity contribution >= 4 is 46.1 Å². The van der Waals surface area contributed by atoms with Crippen molar-refractivity contribution in [3.8, 4) is 0 Å². The Kier molecular flexibility index (Phi) is 8.63. The number of aromatic amines is 1. The Bertz CT molecular complexity index is 1490. The number of likely N-dealkylation sites (tertiary alicyclic amines) is 3. The highest BCUT2D eigenvalue weighted by Crippen LogP contribution is 2.32. The van der Waals surface area contributed by atoms with Crippen LogP contribution in [0, 0.1) is 18.8 Å². The number of halogens is 1. The number of nitrogens with one attached hydrogen (secondary N) is 1. The predicted molar refractivity (Wildman–Crippen MR) is 168 cm³/mol. The van der Waals surface area contributed by atoms with Gasteiger partial charge >= 0.3 is 6.09 Å². The molecule has 1 N–H and O–H groups in total. The average Bonchev–Trinajstić information content (AvgIpc) is 3.72. The summed E-state index contributed by atoms with van der Waals surface area (Å²) in [6.07, 6.45) is 3.40. The van der Waals surface area contributed by atoms with E-state index >= 15 is 0 Å². The molecule has 1 aromatic heterocycles. The second kappa shape index (κ2) is 12.6. The number of nitrogens with zero attached hydrogens (tertiary/aromatic N) is 4. The summed E-state index contributed by atoms with van der Waals surface area (Å²) in [4.78, 5) is 49.5. The molecular weight excluding hydrogens is 566 g/mol. The minimum atomic E-state index is -0.369. The van der Waals surface area contributed by atoms with Crippen LogP contribution in [0.15, 0.2) is 48.7 Å². The summed E-state index contributed by atoms with van der Waals surface area (Å²) < 4.78 is 5.93. The first kappa shape index (κ1) is 29.5. The number of ether oxygens (including phenoxy) is 1. The smallest absolute Gasteiger partial charge is 0.414 e. The first-order chi connectivity index (χ1) is 20.7. The van der Waals surface area contributed by atoms with Crippen molar-refractivity contribution in [2.75, 3.05) is 57.3 Å². The van der Waals surface area contributed by atoms with Gasteiger partial charge in [-0.1, -0.05) is 17.7 Å². The predicted octanol–water partition coefficient (Wildman–Crippen LogP) is 5.18. The topological polar surface area (TPSA) is 89.2 Å². The Labute approximate surface area is 257 Å². The molecule has 6 rings (SSSR count). The van der Waals surface area contributed by atoms with E-state index in [1.165, 1.54) is 0 Å².